The van der Waals surface area contributed by atoms with Crippen LogP contribution in [0.5, 0.6) is 0 Å². The maximum atomic E-state index is 12.5. The van der Waals surface area contributed by atoms with Gasteiger partial charge in [-0.15, -0.1) is 0 Å². The summed E-state index contributed by atoms with van der Waals surface area (Å²) in [4.78, 5) is 25.0. The summed E-state index contributed by atoms with van der Waals surface area (Å²) in [6, 6.07) is 4.83. The summed E-state index contributed by atoms with van der Waals surface area (Å²) in [5.41, 5.74) is 0.442. The molecule has 1 atom stereocenters. The van der Waals surface area contributed by atoms with Gasteiger partial charge in [-0.05, 0) is 43.4 Å². The van der Waals surface area contributed by atoms with Crippen LogP contribution in [0.15, 0.2) is 18.2 Å². The number of carboxylic acid groups (broad SMARTS) is 1. The minimum Gasteiger partial charge on any atom is -0.481 e. The van der Waals surface area contributed by atoms with Crippen LogP contribution in [-0.4, -0.2) is 35.0 Å². The van der Waals surface area contributed by atoms with Crippen LogP contribution in [0.1, 0.15) is 36.0 Å². The second-order valence-corrected chi connectivity index (χ2v) is 6.15. The second-order valence-electron chi connectivity index (χ2n) is 5.31. The molecule has 0 spiro atoms. The van der Waals surface area contributed by atoms with Crippen molar-refractivity contribution >= 4 is 35.1 Å². The minimum atomic E-state index is -0.777. The number of benzene rings is 1. The van der Waals surface area contributed by atoms with Crippen molar-refractivity contribution in [3.63, 3.8) is 0 Å². The van der Waals surface area contributed by atoms with Crippen LogP contribution in [0.25, 0.3) is 0 Å². The van der Waals surface area contributed by atoms with E-state index >= 15 is 0 Å². The number of likely N-dealkylation sites (tertiary alicyclic amines) is 1. The lowest BCUT2D eigenvalue weighted by Gasteiger charge is -2.21. The summed E-state index contributed by atoms with van der Waals surface area (Å²) in [7, 11) is 0. The van der Waals surface area contributed by atoms with E-state index in [1.807, 2.05) is 0 Å². The Balaban J connectivity index is 2.04. The molecule has 1 aromatic carbocycles. The standard InChI is InChI=1S/C15H17Cl2NO3/c16-11-3-4-12(13(17)9-11)15(21)18-6-1-2-10(5-7-18)8-14(19)20/h3-4,9-10H,1-2,5-8H2,(H,19,20)/t10-/m1/s1. The lowest BCUT2D eigenvalue weighted by molar-refractivity contribution is -0.138. The van der Waals surface area contributed by atoms with Crippen LogP contribution in [-0.2, 0) is 4.79 Å². The van der Waals surface area contributed by atoms with Gasteiger partial charge in [0.25, 0.3) is 5.91 Å². The summed E-state index contributed by atoms with van der Waals surface area (Å²) in [6.07, 6.45) is 2.53. The topological polar surface area (TPSA) is 57.6 Å². The number of carboxylic acids is 1. The quantitative estimate of drug-likeness (QED) is 0.919. The molecule has 6 heteroatoms. The van der Waals surface area contributed by atoms with Gasteiger partial charge >= 0.3 is 5.97 Å². The van der Waals surface area contributed by atoms with Crippen molar-refractivity contribution in [2.75, 3.05) is 13.1 Å². The molecular weight excluding hydrogens is 313 g/mol. The number of carbonyl (C=O) groups is 2. The summed E-state index contributed by atoms with van der Waals surface area (Å²) in [5.74, 6) is -0.755. The molecular formula is C15H17Cl2NO3. The van der Waals surface area contributed by atoms with Crippen molar-refractivity contribution in [2.45, 2.75) is 25.7 Å². The van der Waals surface area contributed by atoms with E-state index in [2.05, 4.69) is 0 Å². The molecule has 1 aliphatic heterocycles. The monoisotopic (exact) mass is 329 g/mol. The number of aliphatic carboxylic acids is 1. The molecule has 1 aliphatic rings. The van der Waals surface area contributed by atoms with Crippen molar-refractivity contribution in [1.29, 1.82) is 0 Å². The van der Waals surface area contributed by atoms with E-state index in [9.17, 15) is 9.59 Å². The zero-order valence-electron chi connectivity index (χ0n) is 11.5. The van der Waals surface area contributed by atoms with Crippen molar-refractivity contribution in [3.05, 3.63) is 33.8 Å². The number of hydrogen-bond donors (Lipinski definition) is 1. The van der Waals surface area contributed by atoms with Crippen molar-refractivity contribution < 1.29 is 14.7 Å². The van der Waals surface area contributed by atoms with E-state index in [1.165, 1.54) is 0 Å². The SMILES string of the molecule is O=C(O)C[C@@H]1CCCN(C(=O)c2ccc(Cl)cc2Cl)CC1. The Bertz CT molecular complexity index is 548. The highest BCUT2D eigenvalue weighted by atomic mass is 35.5. The number of nitrogens with zero attached hydrogens (tertiary/aromatic N) is 1. The maximum absolute atomic E-state index is 12.5. The molecule has 0 saturated carbocycles. The van der Waals surface area contributed by atoms with Crippen LogP contribution in [0.2, 0.25) is 10.0 Å². The third-order valence-electron chi connectivity index (χ3n) is 3.76. The Morgan fingerprint density at radius 1 is 1.24 bits per heavy atom. The summed E-state index contributed by atoms with van der Waals surface area (Å²) < 4.78 is 0. The van der Waals surface area contributed by atoms with Crippen LogP contribution < -0.4 is 0 Å². The Morgan fingerprint density at radius 2 is 2.00 bits per heavy atom. The van der Waals surface area contributed by atoms with E-state index in [1.54, 1.807) is 23.1 Å². The number of amides is 1. The lowest BCUT2D eigenvalue weighted by atomic mass is 9.97. The Kier molecular flexibility index (Phi) is 5.48. The van der Waals surface area contributed by atoms with E-state index < -0.39 is 5.97 Å². The van der Waals surface area contributed by atoms with E-state index in [-0.39, 0.29) is 18.2 Å². The first-order chi connectivity index (χ1) is 9.97. The second kappa shape index (κ2) is 7.14. The molecule has 0 aromatic heterocycles. The maximum Gasteiger partial charge on any atom is 0.303 e. The average Bonchev–Trinajstić information content (AvgIpc) is 2.63. The van der Waals surface area contributed by atoms with Crippen LogP contribution in [0.4, 0.5) is 0 Å². The molecule has 0 unspecified atom stereocenters. The molecule has 114 valence electrons. The fourth-order valence-corrected chi connectivity index (χ4v) is 3.14. The molecule has 1 amide bonds. The Labute approximate surface area is 133 Å². The summed E-state index contributed by atoms with van der Waals surface area (Å²) in [5, 5.41) is 9.70. The molecule has 1 N–H and O–H groups in total. The van der Waals surface area contributed by atoms with Gasteiger partial charge in [0.1, 0.15) is 0 Å². The molecule has 0 bridgehead atoms. The van der Waals surface area contributed by atoms with E-state index in [4.69, 9.17) is 28.3 Å². The molecule has 1 saturated heterocycles. The summed E-state index contributed by atoms with van der Waals surface area (Å²) in [6.45, 7) is 1.20. The fraction of sp³-hybridized carbons (Fsp3) is 0.467. The normalized spacial score (nSPS) is 19.1. The largest absolute Gasteiger partial charge is 0.481 e. The van der Waals surface area contributed by atoms with E-state index in [0.29, 0.717) is 35.1 Å². The van der Waals surface area contributed by atoms with Crippen molar-refractivity contribution in [2.24, 2.45) is 5.92 Å². The van der Waals surface area contributed by atoms with Gasteiger partial charge < -0.3 is 10.0 Å². The third kappa shape index (κ3) is 4.35. The van der Waals surface area contributed by atoms with Gasteiger partial charge in [-0.1, -0.05) is 23.2 Å². The lowest BCUT2D eigenvalue weighted by Crippen LogP contribution is -2.32. The molecule has 1 heterocycles. The van der Waals surface area contributed by atoms with Gasteiger partial charge in [-0.3, -0.25) is 9.59 Å². The molecule has 0 radical (unpaired) electrons. The van der Waals surface area contributed by atoms with E-state index in [0.717, 1.165) is 12.8 Å². The van der Waals surface area contributed by atoms with Gasteiger partial charge in [0.15, 0.2) is 0 Å². The smallest absolute Gasteiger partial charge is 0.303 e. The number of halogens is 2. The highest BCUT2D eigenvalue weighted by molar-refractivity contribution is 6.36. The first-order valence-electron chi connectivity index (χ1n) is 6.93. The van der Waals surface area contributed by atoms with Crippen LogP contribution in [0.3, 0.4) is 0 Å². The molecule has 21 heavy (non-hydrogen) atoms. The Hall–Kier alpha value is -1.26. The van der Waals surface area contributed by atoms with Crippen LogP contribution in [0, 0.1) is 5.92 Å². The highest BCUT2D eigenvalue weighted by Gasteiger charge is 2.24. The summed E-state index contributed by atoms with van der Waals surface area (Å²) >= 11 is 11.9. The fourth-order valence-electron chi connectivity index (χ4n) is 2.65. The zero-order chi connectivity index (χ0) is 15.4. The van der Waals surface area contributed by atoms with Crippen molar-refractivity contribution in [3.8, 4) is 0 Å². The zero-order valence-corrected chi connectivity index (χ0v) is 13.0. The predicted octanol–water partition coefficient (Wildman–Crippen LogP) is 3.71. The number of rotatable bonds is 3. The third-order valence-corrected chi connectivity index (χ3v) is 4.31. The molecule has 2 rings (SSSR count). The van der Waals surface area contributed by atoms with Gasteiger partial charge in [-0.25, -0.2) is 0 Å². The molecule has 1 aromatic rings. The van der Waals surface area contributed by atoms with Gasteiger partial charge in [0.05, 0.1) is 10.6 Å². The molecule has 0 aliphatic carbocycles. The number of carbonyl (C=O) groups excluding carboxylic acids is 1. The van der Waals surface area contributed by atoms with Gasteiger partial charge in [0.2, 0.25) is 0 Å². The minimum absolute atomic E-state index is 0.118. The average molecular weight is 330 g/mol. The van der Waals surface area contributed by atoms with Crippen LogP contribution >= 0.6 is 23.2 Å². The van der Waals surface area contributed by atoms with Gasteiger partial charge in [-0.2, -0.15) is 0 Å². The molecule has 4 nitrogen and oxygen atoms in total. The first-order valence-corrected chi connectivity index (χ1v) is 7.69. The first kappa shape index (κ1) is 16.1. The van der Waals surface area contributed by atoms with Gasteiger partial charge in [0, 0.05) is 24.5 Å². The molecule has 1 fully saturated rings. The van der Waals surface area contributed by atoms with Crippen molar-refractivity contribution in [1.82, 2.24) is 4.90 Å². The predicted molar refractivity (Wildman–Crippen MR) is 82.0 cm³/mol. The number of hydrogen-bond acceptors (Lipinski definition) is 2. The Morgan fingerprint density at radius 3 is 2.67 bits per heavy atom. The highest BCUT2D eigenvalue weighted by Crippen LogP contribution is 2.25.